The number of fused-ring (bicyclic) bond motifs is 13. The molecule has 0 bridgehead atoms. The van der Waals surface area contributed by atoms with Gasteiger partial charge in [-0.1, -0.05) is 170 Å². The van der Waals surface area contributed by atoms with Gasteiger partial charge in [-0.05, 0) is 100 Å². The van der Waals surface area contributed by atoms with Gasteiger partial charge in [-0.25, -0.2) is 0 Å². The summed E-state index contributed by atoms with van der Waals surface area (Å²) in [5, 5.41) is 6.81. The Labute approximate surface area is 414 Å². The molecule has 2 aliphatic heterocycles. The molecule has 0 amide bonds. The van der Waals surface area contributed by atoms with Crippen molar-refractivity contribution >= 4 is 123 Å². The van der Waals surface area contributed by atoms with Crippen molar-refractivity contribution in [2.45, 2.75) is 0 Å². The third-order valence-corrected chi connectivity index (χ3v) is 15.4. The van der Waals surface area contributed by atoms with Gasteiger partial charge in [-0.15, -0.1) is 0 Å². The van der Waals surface area contributed by atoms with Crippen LogP contribution in [0.1, 0.15) is 0 Å². The van der Waals surface area contributed by atoms with Gasteiger partial charge < -0.3 is 23.2 Å². The Balaban J connectivity index is 1.09. The highest BCUT2D eigenvalue weighted by atomic mass is 16.3. The number of hydrogen-bond acceptors (Lipinski definition) is 4. The molecule has 0 N–H and O–H groups in total. The average Bonchev–Trinajstić information content (AvgIpc) is 4.13. The minimum Gasteiger partial charge on any atom is -0.456 e. The van der Waals surface area contributed by atoms with Crippen LogP contribution in [-0.4, -0.2) is 11.3 Å². The fourth-order valence-electron chi connectivity index (χ4n) is 12.5. The second-order valence-corrected chi connectivity index (χ2v) is 19.1. The van der Waals surface area contributed by atoms with Crippen molar-refractivity contribution in [2.24, 2.45) is 0 Å². The molecule has 0 saturated heterocycles. The highest BCUT2D eigenvalue weighted by Crippen LogP contribution is 2.53. The molecule has 0 radical (unpaired) electrons. The van der Waals surface area contributed by atoms with Crippen LogP contribution in [0, 0.1) is 0 Å². The molecule has 0 spiro atoms. The number of furan rings is 2. The lowest BCUT2D eigenvalue weighted by molar-refractivity contribution is 0.668. The summed E-state index contributed by atoms with van der Waals surface area (Å²) in [4.78, 5) is 5.12. The largest absolute Gasteiger partial charge is 0.456 e. The summed E-state index contributed by atoms with van der Waals surface area (Å²) in [5.41, 5.74) is 21.7. The third kappa shape index (κ3) is 5.43. The third-order valence-electron chi connectivity index (χ3n) is 15.4. The molecule has 334 valence electrons. The van der Waals surface area contributed by atoms with E-state index in [1.165, 1.54) is 27.2 Å². The first-order valence-electron chi connectivity index (χ1n) is 24.7. The van der Waals surface area contributed by atoms with Gasteiger partial charge in [-0.3, -0.25) is 0 Å². The highest BCUT2D eigenvalue weighted by molar-refractivity contribution is 7.00. The van der Waals surface area contributed by atoms with Crippen LogP contribution in [0.5, 0.6) is 0 Å². The van der Waals surface area contributed by atoms with Crippen LogP contribution < -0.4 is 26.2 Å². The van der Waals surface area contributed by atoms with Crippen LogP contribution in [0.4, 0.5) is 34.1 Å². The van der Waals surface area contributed by atoms with Crippen LogP contribution in [0.25, 0.3) is 93.6 Å². The topological polar surface area (TPSA) is 37.7 Å². The van der Waals surface area contributed by atoms with E-state index >= 15 is 0 Å². The maximum absolute atomic E-state index is 6.67. The van der Waals surface area contributed by atoms with E-state index in [4.69, 9.17) is 8.83 Å². The van der Waals surface area contributed by atoms with Crippen molar-refractivity contribution in [1.82, 2.24) is 4.57 Å². The van der Waals surface area contributed by atoms with E-state index < -0.39 is 0 Å². The number of anilines is 6. The van der Waals surface area contributed by atoms with Crippen molar-refractivity contribution in [2.75, 3.05) is 9.80 Å². The summed E-state index contributed by atoms with van der Waals surface area (Å²) in [6, 6.07) is 88.3. The van der Waals surface area contributed by atoms with Gasteiger partial charge in [-0.2, -0.15) is 0 Å². The van der Waals surface area contributed by atoms with Crippen LogP contribution in [0.2, 0.25) is 0 Å². The number of aromatic nitrogens is 1. The standard InChI is InChI=1S/C66H40BN3O2/c1-3-19-41(20-4-1)62-54(35-37-60-64(62)46-25-9-17-33-58(46)71-60)69-52-31-15-11-27-48(52)67-49-28-12-16-32-53(49)70(55-36-38-61-65(47-26-10-18-34-59(47)72-61)63(55)42-21-5-2-6-22-42)57-40-43(39-56(69)66(57)67)68-50-29-13-7-23-44(50)45-24-8-14-30-51(45)68/h1-40H. The van der Waals surface area contributed by atoms with E-state index in [0.29, 0.717) is 0 Å². The lowest BCUT2D eigenvalue weighted by Gasteiger charge is -2.45. The summed E-state index contributed by atoms with van der Waals surface area (Å²) in [7, 11) is 0. The highest BCUT2D eigenvalue weighted by Gasteiger charge is 2.45. The summed E-state index contributed by atoms with van der Waals surface area (Å²) in [5.74, 6) is 0. The molecule has 6 heteroatoms. The zero-order valence-corrected chi connectivity index (χ0v) is 38.8. The number of rotatable bonds is 5. The van der Waals surface area contributed by atoms with Crippen molar-refractivity contribution in [3.63, 3.8) is 0 Å². The molecule has 0 aliphatic carbocycles. The zero-order valence-electron chi connectivity index (χ0n) is 38.8. The Morgan fingerprint density at radius 3 is 1.19 bits per heavy atom. The minimum absolute atomic E-state index is 0.0839. The van der Waals surface area contributed by atoms with Gasteiger partial charge >= 0.3 is 0 Å². The number of para-hydroxylation sites is 6. The van der Waals surface area contributed by atoms with Crippen molar-refractivity contribution in [3.05, 3.63) is 243 Å². The molecule has 0 atom stereocenters. The fourth-order valence-corrected chi connectivity index (χ4v) is 12.5. The average molecular weight is 918 g/mol. The van der Waals surface area contributed by atoms with Crippen molar-refractivity contribution < 1.29 is 8.83 Å². The summed E-state index contributed by atoms with van der Waals surface area (Å²) in [6.07, 6.45) is 0. The van der Waals surface area contributed by atoms with Gasteiger partial charge in [0.2, 0.25) is 0 Å². The van der Waals surface area contributed by atoms with Gasteiger partial charge in [0.15, 0.2) is 0 Å². The molecule has 2 aliphatic rings. The first-order chi connectivity index (χ1) is 35.8. The monoisotopic (exact) mass is 917 g/mol. The summed E-state index contributed by atoms with van der Waals surface area (Å²) in [6.45, 7) is -0.0839. The van der Waals surface area contributed by atoms with Crippen LogP contribution in [-0.2, 0) is 0 Å². The molecule has 16 rings (SSSR count). The molecular formula is C66H40BN3O2. The molecule has 11 aromatic carbocycles. The Morgan fingerprint density at radius 1 is 0.306 bits per heavy atom. The lowest BCUT2D eigenvalue weighted by atomic mass is 9.33. The molecule has 3 aromatic heterocycles. The minimum atomic E-state index is -0.0839. The molecule has 0 unspecified atom stereocenters. The Kier molecular flexibility index (Phi) is 8.19. The van der Waals surface area contributed by atoms with Crippen molar-refractivity contribution in [1.29, 1.82) is 0 Å². The first kappa shape index (κ1) is 39.3. The number of benzene rings is 11. The predicted molar refractivity (Wildman–Crippen MR) is 300 cm³/mol. The summed E-state index contributed by atoms with van der Waals surface area (Å²) < 4.78 is 15.8. The quantitative estimate of drug-likeness (QED) is 0.161. The van der Waals surface area contributed by atoms with Gasteiger partial charge in [0.1, 0.15) is 22.3 Å². The van der Waals surface area contributed by atoms with Crippen LogP contribution in [0.15, 0.2) is 251 Å². The second-order valence-electron chi connectivity index (χ2n) is 19.1. The maximum Gasteiger partial charge on any atom is 0.252 e. The zero-order chi connectivity index (χ0) is 47.0. The van der Waals surface area contributed by atoms with E-state index in [1.807, 2.05) is 0 Å². The SMILES string of the molecule is c1ccc(-c2c(N3c4ccccc4B4c5ccccc5N(c5ccc6oc7ccccc7c6c5-c5ccccc5)c5cc(-n6c7ccccc7c7ccccc76)cc3c54)ccc3oc4ccccc4c23)cc1. The first-order valence-corrected chi connectivity index (χ1v) is 24.7. The van der Waals surface area contributed by atoms with Gasteiger partial charge in [0.05, 0.1) is 28.1 Å². The lowest BCUT2D eigenvalue weighted by Crippen LogP contribution is -2.61. The van der Waals surface area contributed by atoms with Crippen molar-refractivity contribution in [3.8, 4) is 27.9 Å². The molecule has 5 heterocycles. The predicted octanol–water partition coefficient (Wildman–Crippen LogP) is 16.0. The second kappa shape index (κ2) is 15.0. The maximum atomic E-state index is 6.67. The number of hydrogen-bond donors (Lipinski definition) is 0. The molecule has 0 fully saturated rings. The molecule has 0 saturated carbocycles. The fraction of sp³-hybridized carbons (Fsp3) is 0. The van der Waals surface area contributed by atoms with E-state index in [2.05, 4.69) is 257 Å². The Bertz CT molecular complexity index is 4270. The Hall–Kier alpha value is -9.52. The van der Waals surface area contributed by atoms with E-state index in [-0.39, 0.29) is 6.71 Å². The number of nitrogens with zero attached hydrogens (tertiary/aromatic N) is 3. The Morgan fingerprint density at radius 2 is 0.708 bits per heavy atom. The van der Waals surface area contributed by atoms with Gasteiger partial charge in [0.25, 0.3) is 6.71 Å². The van der Waals surface area contributed by atoms with Crippen LogP contribution in [0.3, 0.4) is 0 Å². The van der Waals surface area contributed by atoms with E-state index in [9.17, 15) is 0 Å². The van der Waals surface area contributed by atoms with Crippen LogP contribution >= 0.6 is 0 Å². The molecule has 5 nitrogen and oxygen atoms in total. The van der Waals surface area contributed by atoms with E-state index in [1.54, 1.807) is 0 Å². The molecule has 72 heavy (non-hydrogen) atoms. The molecular weight excluding hydrogens is 878 g/mol. The van der Waals surface area contributed by atoms with Gasteiger partial charge in [0, 0.05) is 66.2 Å². The summed E-state index contributed by atoms with van der Waals surface area (Å²) >= 11 is 0. The molecule has 14 aromatic rings. The normalized spacial score (nSPS) is 12.9. The smallest absolute Gasteiger partial charge is 0.252 e. The van der Waals surface area contributed by atoms with E-state index in [0.717, 1.165) is 117 Å².